The van der Waals surface area contributed by atoms with Crippen molar-refractivity contribution in [2.75, 3.05) is 11.5 Å². The third-order valence-corrected chi connectivity index (χ3v) is 3.03. The second-order valence-corrected chi connectivity index (χ2v) is 4.42. The molecule has 0 aliphatic heterocycles. The van der Waals surface area contributed by atoms with Crippen LogP contribution in [0.15, 0.2) is 23.4 Å². The van der Waals surface area contributed by atoms with E-state index in [0.717, 1.165) is 16.2 Å². The third kappa shape index (κ3) is 2.41. The zero-order chi connectivity index (χ0) is 10.8. The van der Waals surface area contributed by atoms with Crippen molar-refractivity contribution in [3.8, 4) is 0 Å². The minimum atomic E-state index is -0.826. The van der Waals surface area contributed by atoms with Crippen molar-refractivity contribution >= 4 is 28.5 Å². The van der Waals surface area contributed by atoms with Crippen molar-refractivity contribution in [2.45, 2.75) is 18.3 Å². The molecule has 5 heteroatoms. The molecule has 0 amide bonds. The zero-order valence-corrected chi connectivity index (χ0v) is 9.14. The van der Waals surface area contributed by atoms with Crippen LogP contribution < -0.4 is 5.73 Å². The summed E-state index contributed by atoms with van der Waals surface area (Å²) in [6.45, 7) is 1.54. The number of benzene rings is 1. The molecule has 0 fully saturated rings. The predicted molar refractivity (Wildman–Crippen MR) is 61.8 cm³/mol. The Kier molecular flexibility index (Phi) is 2.81. The van der Waals surface area contributed by atoms with Crippen LogP contribution in [0.3, 0.4) is 0 Å². The Morgan fingerprint density at radius 1 is 1.60 bits per heavy atom. The fraction of sp³-hybridized carbons (Fsp3) is 0.300. The molecular weight excluding hydrogens is 213 g/mol. The van der Waals surface area contributed by atoms with E-state index in [1.165, 1.54) is 18.7 Å². The van der Waals surface area contributed by atoms with Crippen LogP contribution in [0.4, 0.5) is 10.1 Å². The Bertz CT molecular complexity index is 467. The summed E-state index contributed by atoms with van der Waals surface area (Å²) in [4.78, 5) is 7.41. The fourth-order valence-corrected chi connectivity index (χ4v) is 2.00. The minimum Gasteiger partial charge on any atom is -0.399 e. The highest BCUT2D eigenvalue weighted by molar-refractivity contribution is 7.99. The molecule has 0 aliphatic rings. The zero-order valence-electron chi connectivity index (χ0n) is 8.33. The summed E-state index contributed by atoms with van der Waals surface area (Å²) in [5.41, 5.74) is 8.09. The van der Waals surface area contributed by atoms with E-state index in [1.54, 1.807) is 6.07 Å². The van der Waals surface area contributed by atoms with Crippen molar-refractivity contribution in [3.05, 3.63) is 18.2 Å². The van der Waals surface area contributed by atoms with Gasteiger partial charge in [-0.1, -0.05) is 11.8 Å². The first kappa shape index (κ1) is 10.3. The van der Waals surface area contributed by atoms with E-state index in [9.17, 15) is 4.39 Å². The van der Waals surface area contributed by atoms with Crippen molar-refractivity contribution < 1.29 is 4.39 Å². The molecule has 1 aromatic heterocycles. The number of alkyl halides is 1. The maximum Gasteiger partial charge on any atom is 0.166 e. The summed E-state index contributed by atoms with van der Waals surface area (Å²) in [6, 6.07) is 5.48. The lowest BCUT2D eigenvalue weighted by Crippen LogP contribution is -1.95. The van der Waals surface area contributed by atoms with E-state index < -0.39 is 6.17 Å². The first-order valence-corrected chi connectivity index (χ1v) is 5.66. The highest BCUT2D eigenvalue weighted by atomic mass is 32.2. The molecule has 15 heavy (non-hydrogen) atoms. The minimum absolute atomic E-state index is 0.412. The van der Waals surface area contributed by atoms with Gasteiger partial charge in [-0.2, -0.15) is 0 Å². The lowest BCUT2D eigenvalue weighted by molar-refractivity contribution is 0.397. The largest absolute Gasteiger partial charge is 0.399 e. The van der Waals surface area contributed by atoms with Crippen LogP contribution >= 0.6 is 11.8 Å². The van der Waals surface area contributed by atoms with Gasteiger partial charge in [0.05, 0.1) is 11.0 Å². The molecule has 1 atom stereocenters. The van der Waals surface area contributed by atoms with Crippen molar-refractivity contribution in [3.63, 3.8) is 0 Å². The molecule has 0 radical (unpaired) electrons. The number of hydrogen-bond donors (Lipinski definition) is 2. The van der Waals surface area contributed by atoms with Gasteiger partial charge >= 0.3 is 0 Å². The van der Waals surface area contributed by atoms with Crippen molar-refractivity contribution in [1.29, 1.82) is 0 Å². The van der Waals surface area contributed by atoms with Crippen molar-refractivity contribution in [2.24, 2.45) is 0 Å². The number of imidazole rings is 1. The molecule has 2 aromatic rings. The number of halogens is 1. The van der Waals surface area contributed by atoms with Crippen LogP contribution in [0.1, 0.15) is 6.92 Å². The van der Waals surface area contributed by atoms with Crippen molar-refractivity contribution in [1.82, 2.24) is 9.97 Å². The molecule has 80 valence electrons. The van der Waals surface area contributed by atoms with Gasteiger partial charge in [-0.05, 0) is 25.1 Å². The number of nitrogens with two attached hydrogens (primary N) is 1. The molecule has 3 nitrogen and oxygen atoms in total. The summed E-state index contributed by atoms with van der Waals surface area (Å²) in [5, 5.41) is 0.736. The number of aromatic amines is 1. The van der Waals surface area contributed by atoms with Gasteiger partial charge in [0, 0.05) is 11.4 Å². The molecule has 0 aliphatic carbocycles. The van der Waals surface area contributed by atoms with Crippen LogP contribution in [-0.4, -0.2) is 21.9 Å². The maximum absolute atomic E-state index is 12.6. The van der Waals surface area contributed by atoms with E-state index in [2.05, 4.69) is 9.97 Å². The van der Waals surface area contributed by atoms with Crippen LogP contribution in [-0.2, 0) is 0 Å². The number of nitrogens with one attached hydrogen (secondary N) is 1. The monoisotopic (exact) mass is 225 g/mol. The highest BCUT2D eigenvalue weighted by Gasteiger charge is 2.05. The van der Waals surface area contributed by atoms with Crippen LogP contribution in [0, 0.1) is 0 Å². The van der Waals surface area contributed by atoms with Gasteiger partial charge in [-0.15, -0.1) is 0 Å². The molecule has 3 N–H and O–H groups in total. The van der Waals surface area contributed by atoms with E-state index in [-0.39, 0.29) is 0 Å². The summed E-state index contributed by atoms with van der Waals surface area (Å²) in [7, 11) is 0. The fourth-order valence-electron chi connectivity index (χ4n) is 1.27. The van der Waals surface area contributed by atoms with Gasteiger partial charge in [-0.3, -0.25) is 0 Å². The van der Waals surface area contributed by atoms with E-state index in [0.29, 0.717) is 11.4 Å². The van der Waals surface area contributed by atoms with Gasteiger partial charge in [0.1, 0.15) is 6.17 Å². The summed E-state index contributed by atoms with van der Waals surface area (Å²) >= 11 is 1.38. The number of H-pyrrole nitrogens is 1. The normalized spacial score (nSPS) is 13.2. The van der Waals surface area contributed by atoms with Gasteiger partial charge in [0.2, 0.25) is 0 Å². The lowest BCUT2D eigenvalue weighted by atomic mass is 10.3. The highest BCUT2D eigenvalue weighted by Crippen LogP contribution is 2.21. The topological polar surface area (TPSA) is 54.7 Å². The smallest absolute Gasteiger partial charge is 0.166 e. The summed E-state index contributed by atoms with van der Waals surface area (Å²) < 4.78 is 12.6. The summed E-state index contributed by atoms with van der Waals surface area (Å²) in [6.07, 6.45) is -0.826. The standard InChI is InChI=1S/C10H12FN3S/c1-6(11)5-15-10-13-8-3-2-7(12)4-9(8)14-10/h2-4,6H,5,12H2,1H3,(H,13,14). The number of thioether (sulfide) groups is 1. The van der Waals surface area contributed by atoms with Gasteiger partial charge < -0.3 is 10.7 Å². The Balaban J connectivity index is 2.23. The molecule has 0 saturated carbocycles. The molecule has 1 heterocycles. The van der Waals surface area contributed by atoms with E-state index in [1.807, 2.05) is 12.1 Å². The van der Waals surface area contributed by atoms with E-state index >= 15 is 0 Å². The molecule has 2 rings (SSSR count). The Morgan fingerprint density at radius 3 is 3.13 bits per heavy atom. The second kappa shape index (κ2) is 4.10. The summed E-state index contributed by atoms with van der Waals surface area (Å²) in [5.74, 6) is 0.412. The van der Waals surface area contributed by atoms with Crippen LogP contribution in [0.25, 0.3) is 11.0 Å². The first-order valence-electron chi connectivity index (χ1n) is 4.67. The van der Waals surface area contributed by atoms with Crippen LogP contribution in [0.5, 0.6) is 0 Å². The second-order valence-electron chi connectivity index (χ2n) is 3.41. The Labute approximate surface area is 91.3 Å². The molecule has 0 spiro atoms. The molecular formula is C10H12FN3S. The van der Waals surface area contributed by atoms with Gasteiger partial charge in [0.15, 0.2) is 5.16 Å². The Hall–Kier alpha value is -1.23. The number of nitrogen functional groups attached to an aromatic ring is 1. The number of fused-ring (bicyclic) bond motifs is 1. The Morgan fingerprint density at radius 2 is 2.40 bits per heavy atom. The molecule has 1 aromatic carbocycles. The number of anilines is 1. The number of aromatic nitrogens is 2. The molecule has 0 bridgehead atoms. The predicted octanol–water partition coefficient (Wildman–Crippen LogP) is 2.60. The molecule has 1 unspecified atom stereocenters. The first-order chi connectivity index (χ1) is 7.15. The quantitative estimate of drug-likeness (QED) is 0.623. The van der Waals surface area contributed by atoms with E-state index in [4.69, 9.17) is 5.73 Å². The lowest BCUT2D eigenvalue weighted by Gasteiger charge is -1.96. The van der Waals surface area contributed by atoms with Gasteiger partial charge in [0.25, 0.3) is 0 Å². The number of hydrogen-bond acceptors (Lipinski definition) is 3. The third-order valence-electron chi connectivity index (χ3n) is 1.93. The number of rotatable bonds is 3. The average molecular weight is 225 g/mol. The maximum atomic E-state index is 12.6. The molecule has 0 saturated heterocycles. The SMILES string of the molecule is CC(F)CSc1nc2ccc(N)cc2[nH]1. The van der Waals surface area contributed by atoms with Crippen LogP contribution in [0.2, 0.25) is 0 Å². The number of nitrogens with zero attached hydrogens (tertiary/aromatic N) is 1. The average Bonchev–Trinajstić information content (AvgIpc) is 2.56. The van der Waals surface area contributed by atoms with Gasteiger partial charge in [-0.25, -0.2) is 9.37 Å².